The van der Waals surface area contributed by atoms with E-state index in [2.05, 4.69) is 97.9 Å². The Hall–Kier alpha value is -3.81. The van der Waals surface area contributed by atoms with Crippen molar-refractivity contribution in [3.8, 4) is 0 Å². The van der Waals surface area contributed by atoms with E-state index < -0.39 is 7.26 Å². The molecule has 4 aromatic rings. The van der Waals surface area contributed by atoms with Gasteiger partial charge in [-0.1, -0.05) is 105 Å². The zero-order valence-corrected chi connectivity index (χ0v) is 25.8. The Morgan fingerprint density at radius 2 is 1.12 bits per heavy atom. The van der Waals surface area contributed by atoms with E-state index in [1.165, 1.54) is 22.3 Å². The molecule has 0 saturated heterocycles. The van der Waals surface area contributed by atoms with Crippen LogP contribution in [0.1, 0.15) is 66.2 Å². The highest BCUT2D eigenvalue weighted by Gasteiger charge is 2.46. The third kappa shape index (κ3) is 5.89. The first-order chi connectivity index (χ1) is 21.1. The summed E-state index contributed by atoms with van der Waals surface area (Å²) in [5.41, 5.74) is 1.62. The highest BCUT2D eigenvalue weighted by molar-refractivity contribution is 7.95. The highest BCUT2D eigenvalue weighted by atomic mass is 31.2. The van der Waals surface area contributed by atoms with Crippen molar-refractivity contribution in [3.05, 3.63) is 138 Å². The molecule has 1 fully saturated rings. The molecule has 0 aliphatic heterocycles. The summed E-state index contributed by atoms with van der Waals surface area (Å²) in [6.07, 6.45) is 7.02. The predicted octanol–water partition coefficient (Wildman–Crippen LogP) is 7.94. The molecule has 0 N–H and O–H groups in total. The molecule has 2 aliphatic rings. The first-order valence-corrected chi connectivity index (χ1v) is 17.7. The summed E-state index contributed by atoms with van der Waals surface area (Å²) in [4.78, 5) is 27.5. The van der Waals surface area contributed by atoms with E-state index in [9.17, 15) is 9.59 Å². The summed E-state index contributed by atoms with van der Waals surface area (Å²) in [5.74, 6) is 0.557. The molecule has 0 spiro atoms. The van der Waals surface area contributed by atoms with Gasteiger partial charge in [0.05, 0.1) is 12.8 Å². The number of Topliss-reactive ketones (excluding diaryl/α,β-unsaturated/α-hetero) is 2. The van der Waals surface area contributed by atoms with Gasteiger partial charge >= 0.3 is 0 Å². The quantitative estimate of drug-likeness (QED) is 0.177. The van der Waals surface area contributed by atoms with Gasteiger partial charge in [-0.2, -0.15) is 0 Å². The fraction of sp³-hybridized carbons (Fsp3) is 0.282. The molecule has 4 heteroatoms. The molecule has 3 nitrogen and oxygen atoms in total. The van der Waals surface area contributed by atoms with Crippen LogP contribution in [-0.2, 0) is 4.74 Å². The second kappa shape index (κ2) is 13.2. The number of carbonyl (C=O) groups excluding carboxylic acids is 2. The van der Waals surface area contributed by atoms with Crippen LogP contribution in [0.3, 0.4) is 0 Å². The predicted molar refractivity (Wildman–Crippen MR) is 178 cm³/mol. The van der Waals surface area contributed by atoms with Crippen LogP contribution in [0.15, 0.2) is 127 Å². The van der Waals surface area contributed by atoms with Crippen LogP contribution in [-0.4, -0.2) is 24.3 Å². The third-order valence-corrected chi connectivity index (χ3v) is 13.9. The number of allylic oxidation sites excluding steroid dienone is 2. The van der Waals surface area contributed by atoms with E-state index in [0.29, 0.717) is 35.0 Å². The van der Waals surface area contributed by atoms with Crippen molar-refractivity contribution in [3.63, 3.8) is 0 Å². The van der Waals surface area contributed by atoms with Gasteiger partial charge in [0, 0.05) is 16.7 Å². The van der Waals surface area contributed by atoms with Crippen molar-refractivity contribution in [1.82, 2.24) is 0 Å². The maximum Gasteiger partial charge on any atom is 0.228 e. The van der Waals surface area contributed by atoms with Crippen LogP contribution in [0.5, 0.6) is 0 Å². The molecule has 0 heterocycles. The number of fused-ring (bicyclic) bond motifs is 1. The third-order valence-electron chi connectivity index (χ3n) is 9.16. The van der Waals surface area contributed by atoms with Crippen LogP contribution >= 0.6 is 7.26 Å². The number of rotatable bonds is 10. The average molecular weight is 588 g/mol. The monoisotopic (exact) mass is 587 g/mol. The van der Waals surface area contributed by atoms with Gasteiger partial charge in [-0.25, -0.2) is 0 Å². The van der Waals surface area contributed by atoms with Crippen LogP contribution in [0.25, 0.3) is 0 Å². The van der Waals surface area contributed by atoms with Gasteiger partial charge in [-0.05, 0) is 67.5 Å². The van der Waals surface area contributed by atoms with Gasteiger partial charge in [-0.15, -0.1) is 0 Å². The second-order valence-corrected chi connectivity index (χ2v) is 15.6. The molecule has 1 unspecified atom stereocenters. The van der Waals surface area contributed by atoms with Crippen molar-refractivity contribution < 1.29 is 14.3 Å². The Morgan fingerprint density at radius 3 is 1.63 bits per heavy atom. The number of benzene rings is 4. The summed E-state index contributed by atoms with van der Waals surface area (Å²) in [7, 11) is -1.97. The molecule has 1 atom stereocenters. The van der Waals surface area contributed by atoms with Gasteiger partial charge in [-0.3, -0.25) is 9.59 Å². The van der Waals surface area contributed by atoms with Crippen molar-refractivity contribution in [2.75, 3.05) is 12.8 Å². The van der Waals surface area contributed by atoms with Crippen molar-refractivity contribution >= 4 is 34.7 Å². The molecule has 43 heavy (non-hydrogen) atoms. The van der Waals surface area contributed by atoms with Crippen LogP contribution in [0.2, 0.25) is 0 Å². The summed E-state index contributed by atoms with van der Waals surface area (Å²) in [5, 5.41) is 4.10. The molecule has 0 aromatic heterocycles. The molecular weight excluding hydrogens is 547 g/mol. The summed E-state index contributed by atoms with van der Waals surface area (Å²) in [6, 6.07) is 40.0. The van der Waals surface area contributed by atoms with Crippen LogP contribution in [0.4, 0.5) is 0 Å². The molecule has 0 bridgehead atoms. The number of hydrogen-bond donors (Lipinski definition) is 0. The lowest BCUT2D eigenvalue weighted by molar-refractivity contribution is 0.0847. The van der Waals surface area contributed by atoms with E-state index in [4.69, 9.17) is 4.74 Å². The minimum atomic E-state index is -1.97. The first kappa shape index (κ1) is 29.3. The SMILES string of the molecule is CC(CCOC1=C(C2CCCCC2)C(=O)c2ccccc2C1=O)C[P+](c1ccccc1)(c1ccccc1)c1ccccc1. The zero-order valence-electron chi connectivity index (χ0n) is 25.0. The Morgan fingerprint density at radius 1 is 0.651 bits per heavy atom. The van der Waals surface area contributed by atoms with Crippen molar-refractivity contribution in [2.24, 2.45) is 11.8 Å². The number of carbonyl (C=O) groups is 2. The van der Waals surface area contributed by atoms with Gasteiger partial charge in [0.15, 0.2) is 11.5 Å². The largest absolute Gasteiger partial charge is 0.489 e. The van der Waals surface area contributed by atoms with Gasteiger partial charge in [0.2, 0.25) is 5.78 Å². The zero-order chi connectivity index (χ0) is 29.6. The number of hydrogen-bond acceptors (Lipinski definition) is 3. The molecule has 6 rings (SSSR count). The minimum absolute atomic E-state index is 0.0210. The van der Waals surface area contributed by atoms with E-state index in [-0.39, 0.29) is 17.5 Å². The fourth-order valence-electron chi connectivity index (χ4n) is 7.01. The molecule has 1 saturated carbocycles. The van der Waals surface area contributed by atoms with Crippen LogP contribution in [0, 0.1) is 11.8 Å². The smallest absolute Gasteiger partial charge is 0.228 e. The molecular formula is C39H40O3P+. The molecule has 0 radical (unpaired) electrons. The van der Waals surface area contributed by atoms with E-state index in [1.807, 2.05) is 12.1 Å². The fourth-order valence-corrected chi connectivity index (χ4v) is 11.7. The topological polar surface area (TPSA) is 43.4 Å². The molecule has 4 aromatic carbocycles. The number of ketones is 2. The van der Waals surface area contributed by atoms with Gasteiger partial charge in [0.25, 0.3) is 0 Å². The standard InChI is InChI=1S/C39H40O3P/c1-29(28-43(31-18-8-3-9-19-31,32-20-10-4-11-21-32)33-22-12-5-13-23-33)26-27-42-39-36(30-16-6-2-7-17-30)37(40)34-24-14-15-25-35(34)38(39)41/h3-5,8-15,18-25,29-30H,2,6-7,16-17,26-28H2,1H3/q+1. The maximum atomic E-state index is 13.7. The summed E-state index contributed by atoms with van der Waals surface area (Å²) in [6.45, 7) is 2.71. The molecule has 0 amide bonds. The summed E-state index contributed by atoms with van der Waals surface area (Å²) < 4.78 is 6.41. The second-order valence-electron chi connectivity index (χ2n) is 12.0. The maximum absolute atomic E-state index is 13.7. The Balaban J connectivity index is 1.29. The van der Waals surface area contributed by atoms with E-state index >= 15 is 0 Å². The Kier molecular flexibility index (Phi) is 9.00. The lowest BCUT2D eigenvalue weighted by atomic mass is 9.76. The molecule has 218 valence electrons. The Labute approximate surface area is 256 Å². The lowest BCUT2D eigenvalue weighted by Crippen LogP contribution is -2.35. The Bertz CT molecular complexity index is 1490. The lowest BCUT2D eigenvalue weighted by Gasteiger charge is -2.31. The van der Waals surface area contributed by atoms with E-state index in [1.54, 1.807) is 12.1 Å². The minimum Gasteiger partial charge on any atom is -0.489 e. The first-order valence-electron chi connectivity index (χ1n) is 15.7. The number of ether oxygens (including phenoxy) is 1. The van der Waals surface area contributed by atoms with Crippen LogP contribution < -0.4 is 15.9 Å². The summed E-state index contributed by atoms with van der Waals surface area (Å²) >= 11 is 0. The normalized spacial score (nSPS) is 16.6. The van der Waals surface area contributed by atoms with Gasteiger partial charge in [0.1, 0.15) is 23.2 Å². The molecule has 2 aliphatic carbocycles. The van der Waals surface area contributed by atoms with Gasteiger partial charge < -0.3 is 4.74 Å². The highest BCUT2D eigenvalue weighted by Crippen LogP contribution is 2.57. The van der Waals surface area contributed by atoms with E-state index in [0.717, 1.165) is 38.3 Å². The van der Waals surface area contributed by atoms with Crippen molar-refractivity contribution in [2.45, 2.75) is 45.4 Å². The van der Waals surface area contributed by atoms with Crippen molar-refractivity contribution in [1.29, 1.82) is 0 Å². The average Bonchev–Trinajstić information content (AvgIpc) is 3.07.